The third-order valence-corrected chi connectivity index (χ3v) is 7.62. The van der Waals surface area contributed by atoms with E-state index in [4.69, 9.17) is 5.10 Å². The second kappa shape index (κ2) is 10.7. The van der Waals surface area contributed by atoms with Gasteiger partial charge in [-0.3, -0.25) is 14.5 Å². The summed E-state index contributed by atoms with van der Waals surface area (Å²) in [5.41, 5.74) is 1.85. The number of carbonyl (C=O) groups is 2. The Kier molecular flexibility index (Phi) is 7.73. The molecule has 0 bridgehead atoms. The normalized spacial score (nSPS) is 16.8. The van der Waals surface area contributed by atoms with Gasteiger partial charge in [-0.2, -0.15) is 5.10 Å². The lowest BCUT2D eigenvalue weighted by Crippen LogP contribution is -2.44. The molecule has 1 N–H and O–H groups in total. The van der Waals surface area contributed by atoms with E-state index in [0.29, 0.717) is 28.3 Å². The molecule has 3 aromatic rings. The zero-order valence-electron chi connectivity index (χ0n) is 21.7. The number of amides is 2. The highest BCUT2D eigenvalue weighted by Crippen LogP contribution is 2.48. The predicted molar refractivity (Wildman–Crippen MR) is 143 cm³/mol. The number of aromatic nitrogens is 2. The Morgan fingerprint density at radius 3 is 2.46 bits per heavy atom. The predicted octanol–water partition coefficient (Wildman–Crippen LogP) is 5.53. The van der Waals surface area contributed by atoms with Gasteiger partial charge in [0.2, 0.25) is 11.8 Å². The zero-order chi connectivity index (χ0) is 26.9. The summed E-state index contributed by atoms with van der Waals surface area (Å²) in [5, 5.41) is 7.30. The van der Waals surface area contributed by atoms with Gasteiger partial charge in [0.15, 0.2) is 0 Å². The second-order valence-electron chi connectivity index (χ2n) is 10.3. The Morgan fingerprint density at radius 1 is 1.16 bits per heavy atom. The lowest BCUT2D eigenvalue weighted by molar-refractivity contribution is -0.123. The van der Waals surface area contributed by atoms with E-state index in [9.17, 15) is 14.0 Å². The molecule has 0 saturated heterocycles. The van der Waals surface area contributed by atoms with Gasteiger partial charge in [0.1, 0.15) is 24.0 Å². The first kappa shape index (κ1) is 26.9. The number of hydrogen-bond acceptors (Lipinski definition) is 4. The molecule has 1 aromatic heterocycles. The van der Waals surface area contributed by atoms with Crippen molar-refractivity contribution in [1.82, 2.24) is 15.1 Å². The number of anilines is 1. The summed E-state index contributed by atoms with van der Waals surface area (Å²) in [4.78, 5) is 28.0. The highest BCUT2D eigenvalue weighted by atomic mass is 32.2. The van der Waals surface area contributed by atoms with Crippen LogP contribution in [0.1, 0.15) is 63.1 Å². The average Bonchev–Trinajstić information content (AvgIpc) is 3.18. The van der Waals surface area contributed by atoms with Crippen molar-refractivity contribution in [2.75, 3.05) is 17.2 Å². The molecule has 2 aromatic carbocycles. The molecular formula is C28H32F2N4O2S. The van der Waals surface area contributed by atoms with Crippen LogP contribution in [0.15, 0.2) is 48.5 Å². The largest absolute Gasteiger partial charge is 0.352 e. The van der Waals surface area contributed by atoms with E-state index < -0.39 is 16.5 Å². The van der Waals surface area contributed by atoms with E-state index in [-0.39, 0.29) is 36.0 Å². The molecule has 4 rings (SSSR count). The number of nitrogens with zero attached hydrogens (tertiary/aromatic N) is 3. The molecule has 0 unspecified atom stereocenters. The van der Waals surface area contributed by atoms with Crippen molar-refractivity contribution >= 4 is 29.4 Å². The fraction of sp³-hybridized carbons (Fsp3) is 0.393. The van der Waals surface area contributed by atoms with Crippen molar-refractivity contribution < 1.29 is 18.4 Å². The van der Waals surface area contributed by atoms with E-state index in [2.05, 4.69) is 5.32 Å². The lowest BCUT2D eigenvalue weighted by atomic mass is 9.87. The fourth-order valence-electron chi connectivity index (χ4n) is 4.33. The third-order valence-electron chi connectivity index (χ3n) is 6.38. The molecule has 0 fully saturated rings. The standard InChI is InChI=1S/C28H32F2N4O2S/c1-6-17(2)31-22(35)15-33-23(36)16-37-25(20-9-7-8-10-21(20)30)24-26(28(3,4)5)32-34(27(24)33)19-13-11-18(29)12-14-19/h7-14,17,25H,6,15-16H2,1-5H3,(H,31,35)/t17-,25-/m1/s1. The molecule has 196 valence electrons. The van der Waals surface area contributed by atoms with Crippen molar-refractivity contribution in [3.8, 4) is 5.69 Å². The van der Waals surface area contributed by atoms with E-state index in [1.807, 2.05) is 34.6 Å². The molecule has 2 amide bonds. The fourth-order valence-corrected chi connectivity index (χ4v) is 5.55. The van der Waals surface area contributed by atoms with Crippen molar-refractivity contribution in [3.05, 3.63) is 77.0 Å². The minimum atomic E-state index is -0.536. The molecule has 1 aliphatic rings. The monoisotopic (exact) mass is 526 g/mol. The van der Waals surface area contributed by atoms with Gasteiger partial charge in [0, 0.05) is 22.6 Å². The Bertz CT molecular complexity index is 1300. The summed E-state index contributed by atoms with van der Waals surface area (Å²) in [7, 11) is 0. The highest BCUT2D eigenvalue weighted by molar-refractivity contribution is 8.00. The molecule has 9 heteroatoms. The first-order chi connectivity index (χ1) is 17.5. The van der Waals surface area contributed by atoms with Crippen LogP contribution >= 0.6 is 11.8 Å². The maximum Gasteiger partial charge on any atom is 0.240 e. The smallest absolute Gasteiger partial charge is 0.240 e. The highest BCUT2D eigenvalue weighted by Gasteiger charge is 2.40. The molecular weight excluding hydrogens is 494 g/mol. The first-order valence-electron chi connectivity index (χ1n) is 12.4. The van der Waals surface area contributed by atoms with Crippen molar-refractivity contribution in [3.63, 3.8) is 0 Å². The summed E-state index contributed by atoms with van der Waals surface area (Å²) < 4.78 is 30.5. The zero-order valence-corrected chi connectivity index (χ0v) is 22.5. The molecule has 1 aliphatic heterocycles. The molecule has 0 spiro atoms. The van der Waals surface area contributed by atoms with Crippen LogP contribution in [0.2, 0.25) is 0 Å². The molecule has 2 heterocycles. The van der Waals surface area contributed by atoms with Crippen LogP contribution in [0.5, 0.6) is 0 Å². The number of hydrogen-bond donors (Lipinski definition) is 1. The summed E-state index contributed by atoms with van der Waals surface area (Å²) in [6, 6.07) is 12.3. The molecule has 0 aliphatic carbocycles. The minimum absolute atomic E-state index is 0.0529. The maximum absolute atomic E-state index is 15.1. The quantitative estimate of drug-likeness (QED) is 0.459. The Hall–Kier alpha value is -3.20. The number of benzene rings is 2. The number of fused-ring (bicyclic) bond motifs is 1. The number of halogens is 2. The maximum atomic E-state index is 15.1. The molecule has 37 heavy (non-hydrogen) atoms. The van der Waals surface area contributed by atoms with E-state index in [1.165, 1.54) is 34.9 Å². The Balaban J connectivity index is 1.99. The van der Waals surface area contributed by atoms with Crippen LogP contribution in [0.3, 0.4) is 0 Å². The summed E-state index contributed by atoms with van der Waals surface area (Å²) in [6.45, 7) is 9.66. The van der Waals surface area contributed by atoms with E-state index in [0.717, 1.165) is 6.42 Å². The van der Waals surface area contributed by atoms with Gasteiger partial charge in [-0.15, -0.1) is 11.8 Å². The lowest BCUT2D eigenvalue weighted by Gasteiger charge is -2.25. The van der Waals surface area contributed by atoms with Crippen LogP contribution in [0.4, 0.5) is 14.6 Å². The van der Waals surface area contributed by atoms with Crippen LogP contribution < -0.4 is 10.2 Å². The summed E-state index contributed by atoms with van der Waals surface area (Å²) in [6.07, 6.45) is 0.748. The van der Waals surface area contributed by atoms with Crippen molar-refractivity contribution in [1.29, 1.82) is 0 Å². The van der Waals surface area contributed by atoms with Gasteiger partial charge < -0.3 is 5.32 Å². The van der Waals surface area contributed by atoms with Gasteiger partial charge in [-0.1, -0.05) is 45.9 Å². The second-order valence-corrected chi connectivity index (χ2v) is 11.4. The summed E-state index contributed by atoms with van der Waals surface area (Å²) >= 11 is 1.32. The summed E-state index contributed by atoms with van der Waals surface area (Å²) in [5.74, 6) is -0.911. The topological polar surface area (TPSA) is 67.2 Å². The molecule has 0 saturated carbocycles. The van der Waals surface area contributed by atoms with Gasteiger partial charge in [0.05, 0.1) is 22.4 Å². The van der Waals surface area contributed by atoms with Crippen LogP contribution in [-0.4, -0.2) is 39.9 Å². The van der Waals surface area contributed by atoms with Crippen LogP contribution in [-0.2, 0) is 15.0 Å². The van der Waals surface area contributed by atoms with Crippen LogP contribution in [0.25, 0.3) is 5.69 Å². The first-order valence-corrected chi connectivity index (χ1v) is 13.4. The number of rotatable bonds is 6. The van der Waals surface area contributed by atoms with Gasteiger partial charge in [0.25, 0.3) is 0 Å². The molecule has 6 nitrogen and oxygen atoms in total. The number of carbonyl (C=O) groups excluding carboxylic acids is 2. The molecule has 0 radical (unpaired) electrons. The van der Waals surface area contributed by atoms with Crippen LogP contribution in [0, 0.1) is 11.6 Å². The SMILES string of the molecule is CC[C@@H](C)NC(=O)CN1C(=O)CS[C@H](c2ccccc2F)c2c(C(C)(C)C)nn(-c3ccc(F)cc3)c21. The van der Waals surface area contributed by atoms with Gasteiger partial charge in [-0.05, 0) is 43.7 Å². The molecule has 2 atom stereocenters. The van der Waals surface area contributed by atoms with Crippen molar-refractivity contribution in [2.24, 2.45) is 0 Å². The third kappa shape index (κ3) is 5.56. The van der Waals surface area contributed by atoms with E-state index in [1.54, 1.807) is 35.0 Å². The average molecular weight is 527 g/mol. The Labute approximate surface area is 220 Å². The number of thioether (sulfide) groups is 1. The Morgan fingerprint density at radius 2 is 1.84 bits per heavy atom. The van der Waals surface area contributed by atoms with Gasteiger partial charge >= 0.3 is 0 Å². The minimum Gasteiger partial charge on any atom is -0.352 e. The number of nitrogens with one attached hydrogen (secondary N) is 1. The van der Waals surface area contributed by atoms with E-state index >= 15 is 4.39 Å². The van der Waals surface area contributed by atoms with Crippen molar-refractivity contribution in [2.45, 2.75) is 57.7 Å². The van der Waals surface area contributed by atoms with Gasteiger partial charge in [-0.25, -0.2) is 13.5 Å².